The Bertz CT molecular complexity index is 1240. The molecule has 1 aliphatic heterocycles. The minimum atomic E-state index is -0.335. The molecule has 1 aliphatic rings. The number of carbonyl (C=O) groups excluding carboxylic acids is 2. The maximum Gasteiger partial charge on any atom is 0.265 e. The highest BCUT2D eigenvalue weighted by atomic mass is 19.1. The molecule has 0 saturated heterocycles. The summed E-state index contributed by atoms with van der Waals surface area (Å²) in [5.41, 5.74) is 2.67. The summed E-state index contributed by atoms with van der Waals surface area (Å²) in [6.45, 7) is 0.167. The monoisotopic (exact) mass is 462 g/mol. The minimum absolute atomic E-state index is 0.120. The average molecular weight is 462 g/mol. The Morgan fingerprint density at radius 2 is 1.82 bits per heavy atom. The molecule has 174 valence electrons. The maximum atomic E-state index is 13.2. The van der Waals surface area contributed by atoms with Crippen molar-refractivity contribution >= 4 is 29.3 Å². The lowest BCUT2D eigenvalue weighted by Crippen LogP contribution is -2.38. The number of nitrogens with zero attached hydrogens (tertiary/aromatic N) is 1. The number of anilines is 2. The molecule has 0 bridgehead atoms. The van der Waals surface area contributed by atoms with Crippen molar-refractivity contribution in [2.24, 2.45) is 0 Å². The van der Waals surface area contributed by atoms with E-state index in [1.54, 1.807) is 67.7 Å². The van der Waals surface area contributed by atoms with Gasteiger partial charge in [-0.2, -0.15) is 0 Å². The average Bonchev–Trinajstić information content (AvgIpc) is 2.85. The largest absolute Gasteiger partial charge is 0.493 e. The Hall–Kier alpha value is -4.33. The molecule has 0 aromatic heterocycles. The van der Waals surface area contributed by atoms with Crippen LogP contribution in [0.25, 0.3) is 6.08 Å². The fraction of sp³-hybridized carbons (Fsp3) is 0.154. The molecule has 2 amide bonds. The smallest absolute Gasteiger partial charge is 0.265 e. The third kappa shape index (κ3) is 5.17. The molecule has 0 saturated carbocycles. The number of rotatable bonds is 7. The van der Waals surface area contributed by atoms with E-state index in [4.69, 9.17) is 14.2 Å². The summed E-state index contributed by atoms with van der Waals surface area (Å²) in [6.07, 6.45) is 3.07. The normalized spacial score (nSPS) is 12.8. The first kappa shape index (κ1) is 22.8. The Morgan fingerprint density at radius 1 is 1.06 bits per heavy atom. The lowest BCUT2D eigenvalue weighted by atomic mass is 10.1. The maximum absolute atomic E-state index is 13.2. The van der Waals surface area contributed by atoms with Crippen LogP contribution in [0.5, 0.6) is 17.2 Å². The van der Waals surface area contributed by atoms with E-state index in [-0.39, 0.29) is 30.8 Å². The van der Waals surface area contributed by atoms with Crippen LogP contribution < -0.4 is 24.4 Å². The standard InChI is InChI=1S/C26H23FN2O5/c1-32-22-11-5-17(13-24(22)33-2)6-12-25(30)28-20-9-10-21-23(14-20)34-16-26(31)29(21)15-18-3-7-19(27)8-4-18/h3-14H,15-16H2,1-2H3,(H,28,30)/b12-6+. The van der Waals surface area contributed by atoms with Gasteiger partial charge < -0.3 is 24.4 Å². The van der Waals surface area contributed by atoms with Crippen LogP contribution in [0.4, 0.5) is 15.8 Å². The molecule has 1 N–H and O–H groups in total. The van der Waals surface area contributed by atoms with Gasteiger partial charge in [-0.25, -0.2) is 4.39 Å². The summed E-state index contributed by atoms with van der Waals surface area (Å²) in [4.78, 5) is 26.4. The van der Waals surface area contributed by atoms with Crippen molar-refractivity contribution in [1.82, 2.24) is 0 Å². The lowest BCUT2D eigenvalue weighted by Gasteiger charge is -2.29. The number of ether oxygens (including phenoxy) is 3. The summed E-state index contributed by atoms with van der Waals surface area (Å²) in [6, 6.07) is 16.4. The van der Waals surface area contributed by atoms with E-state index in [9.17, 15) is 14.0 Å². The minimum Gasteiger partial charge on any atom is -0.493 e. The molecule has 3 aromatic carbocycles. The van der Waals surface area contributed by atoms with Gasteiger partial charge in [-0.05, 0) is 53.6 Å². The first-order valence-electron chi connectivity index (χ1n) is 10.5. The quantitative estimate of drug-likeness (QED) is 0.526. The fourth-order valence-corrected chi connectivity index (χ4v) is 3.54. The van der Waals surface area contributed by atoms with Crippen molar-refractivity contribution in [1.29, 1.82) is 0 Å². The van der Waals surface area contributed by atoms with Crippen molar-refractivity contribution in [3.63, 3.8) is 0 Å². The Morgan fingerprint density at radius 3 is 2.56 bits per heavy atom. The zero-order valence-electron chi connectivity index (χ0n) is 18.7. The molecule has 34 heavy (non-hydrogen) atoms. The van der Waals surface area contributed by atoms with Crippen LogP contribution in [0.2, 0.25) is 0 Å². The van der Waals surface area contributed by atoms with E-state index in [0.717, 1.165) is 11.1 Å². The number of hydrogen-bond acceptors (Lipinski definition) is 5. The van der Waals surface area contributed by atoms with E-state index >= 15 is 0 Å². The van der Waals surface area contributed by atoms with Crippen LogP contribution in [-0.2, 0) is 16.1 Å². The number of methoxy groups -OCH3 is 2. The van der Waals surface area contributed by atoms with Gasteiger partial charge >= 0.3 is 0 Å². The number of amides is 2. The number of fused-ring (bicyclic) bond motifs is 1. The zero-order valence-corrected chi connectivity index (χ0v) is 18.7. The second-order valence-electron chi connectivity index (χ2n) is 7.51. The van der Waals surface area contributed by atoms with Gasteiger partial charge in [0.15, 0.2) is 18.1 Å². The van der Waals surface area contributed by atoms with E-state index in [2.05, 4.69) is 5.32 Å². The third-order valence-electron chi connectivity index (χ3n) is 5.26. The molecule has 0 atom stereocenters. The molecule has 3 aromatic rings. The third-order valence-corrected chi connectivity index (χ3v) is 5.26. The summed E-state index contributed by atoms with van der Waals surface area (Å²) >= 11 is 0. The lowest BCUT2D eigenvalue weighted by molar-refractivity contribution is -0.121. The summed E-state index contributed by atoms with van der Waals surface area (Å²) in [5.74, 6) is 0.777. The Kier molecular flexibility index (Phi) is 6.77. The van der Waals surface area contributed by atoms with Gasteiger partial charge in [0, 0.05) is 17.8 Å². The molecular formula is C26H23FN2O5. The molecule has 1 heterocycles. The first-order valence-corrected chi connectivity index (χ1v) is 10.5. The summed E-state index contributed by atoms with van der Waals surface area (Å²) < 4.78 is 29.3. The second-order valence-corrected chi connectivity index (χ2v) is 7.51. The van der Waals surface area contributed by atoms with Gasteiger partial charge in [-0.3, -0.25) is 9.59 Å². The van der Waals surface area contributed by atoms with Crippen LogP contribution in [-0.4, -0.2) is 32.6 Å². The first-order chi connectivity index (χ1) is 16.5. The molecule has 0 spiro atoms. The topological polar surface area (TPSA) is 77.1 Å². The van der Waals surface area contributed by atoms with Gasteiger partial charge in [-0.15, -0.1) is 0 Å². The SMILES string of the molecule is COc1ccc(/C=C/C(=O)Nc2ccc3c(c2)OCC(=O)N3Cc2ccc(F)cc2)cc1OC. The van der Waals surface area contributed by atoms with Crippen molar-refractivity contribution in [3.05, 3.63) is 83.7 Å². The molecule has 0 aliphatic carbocycles. The predicted molar refractivity (Wildman–Crippen MR) is 127 cm³/mol. The Balaban J connectivity index is 1.46. The highest BCUT2D eigenvalue weighted by molar-refractivity contribution is 6.03. The fourth-order valence-electron chi connectivity index (χ4n) is 3.54. The number of carbonyl (C=O) groups is 2. The highest BCUT2D eigenvalue weighted by Gasteiger charge is 2.26. The zero-order chi connectivity index (χ0) is 24.1. The van der Waals surface area contributed by atoms with E-state index in [1.807, 2.05) is 6.07 Å². The number of nitrogens with one attached hydrogen (secondary N) is 1. The van der Waals surface area contributed by atoms with Crippen molar-refractivity contribution in [2.45, 2.75) is 6.54 Å². The van der Waals surface area contributed by atoms with Gasteiger partial charge in [-0.1, -0.05) is 18.2 Å². The predicted octanol–water partition coefficient (Wildman–Crippen LogP) is 4.42. The van der Waals surface area contributed by atoms with E-state index < -0.39 is 0 Å². The molecule has 8 heteroatoms. The number of benzene rings is 3. The van der Waals surface area contributed by atoms with Gasteiger partial charge in [0.05, 0.1) is 26.5 Å². The van der Waals surface area contributed by atoms with Crippen molar-refractivity contribution < 1.29 is 28.2 Å². The van der Waals surface area contributed by atoms with Gasteiger partial charge in [0.2, 0.25) is 5.91 Å². The van der Waals surface area contributed by atoms with Crippen LogP contribution in [0.3, 0.4) is 0 Å². The van der Waals surface area contributed by atoms with Crippen LogP contribution >= 0.6 is 0 Å². The number of hydrogen-bond donors (Lipinski definition) is 1. The Labute approximate surface area is 196 Å². The molecule has 4 rings (SSSR count). The van der Waals surface area contributed by atoms with Gasteiger partial charge in [0.1, 0.15) is 11.6 Å². The molecular weight excluding hydrogens is 439 g/mol. The van der Waals surface area contributed by atoms with Gasteiger partial charge in [0.25, 0.3) is 5.91 Å². The van der Waals surface area contributed by atoms with E-state index in [0.29, 0.717) is 28.6 Å². The molecule has 0 unspecified atom stereocenters. The van der Waals surface area contributed by atoms with Crippen molar-refractivity contribution in [3.8, 4) is 17.2 Å². The van der Waals surface area contributed by atoms with Crippen LogP contribution in [0, 0.1) is 5.82 Å². The van der Waals surface area contributed by atoms with E-state index in [1.165, 1.54) is 18.2 Å². The van der Waals surface area contributed by atoms with Crippen LogP contribution in [0.1, 0.15) is 11.1 Å². The highest BCUT2D eigenvalue weighted by Crippen LogP contribution is 2.35. The number of halogens is 1. The van der Waals surface area contributed by atoms with Crippen molar-refractivity contribution in [2.75, 3.05) is 31.0 Å². The molecule has 0 fully saturated rings. The summed E-state index contributed by atoms with van der Waals surface area (Å²) in [7, 11) is 3.10. The van der Waals surface area contributed by atoms with Crippen LogP contribution in [0.15, 0.2) is 66.7 Å². The molecule has 0 radical (unpaired) electrons. The molecule has 7 nitrogen and oxygen atoms in total. The second kappa shape index (κ2) is 10.1. The summed E-state index contributed by atoms with van der Waals surface area (Å²) in [5, 5.41) is 2.79.